The first-order chi connectivity index (χ1) is 9.65. The van der Waals surface area contributed by atoms with E-state index >= 15 is 0 Å². The second kappa shape index (κ2) is 5.19. The molecule has 0 fully saturated rings. The van der Waals surface area contributed by atoms with Crippen LogP contribution in [0, 0.1) is 0 Å². The minimum Gasteiger partial charge on any atom is -0.268 e. The van der Waals surface area contributed by atoms with Crippen molar-refractivity contribution >= 4 is 23.2 Å². The maximum atomic E-state index is 11.7. The van der Waals surface area contributed by atoms with E-state index in [1.807, 2.05) is 36.4 Å². The minimum absolute atomic E-state index is 0.171. The Hall–Kier alpha value is -1.97. The van der Waals surface area contributed by atoms with Crippen molar-refractivity contribution in [2.75, 3.05) is 0 Å². The summed E-state index contributed by atoms with van der Waals surface area (Å²) in [6.45, 7) is 0. The molecule has 3 aromatic rings. The van der Waals surface area contributed by atoms with E-state index in [1.54, 1.807) is 16.8 Å². The molecule has 0 saturated heterocycles. The third-order valence-electron chi connectivity index (χ3n) is 2.96. The van der Waals surface area contributed by atoms with E-state index in [-0.39, 0.29) is 5.56 Å². The summed E-state index contributed by atoms with van der Waals surface area (Å²) in [6, 6.07) is 16.4. The molecule has 0 aliphatic heterocycles. The fraction of sp³-hybridized carbons (Fsp3) is 0. The van der Waals surface area contributed by atoms with E-state index in [4.69, 9.17) is 23.2 Å². The number of halogens is 2. The van der Waals surface area contributed by atoms with Crippen molar-refractivity contribution in [3.05, 3.63) is 75.0 Å². The SMILES string of the molecule is O=c1cc(-c2ccc(Cl)c(Cl)c2)n(-c2ccccc2)[nH]1. The predicted octanol–water partition coefficient (Wildman–Crippen LogP) is 4.14. The van der Waals surface area contributed by atoms with Gasteiger partial charge in [-0.05, 0) is 24.3 Å². The van der Waals surface area contributed by atoms with Crippen molar-refractivity contribution in [2.24, 2.45) is 0 Å². The fourth-order valence-electron chi connectivity index (χ4n) is 2.04. The Labute approximate surface area is 125 Å². The second-order valence-corrected chi connectivity index (χ2v) is 5.12. The summed E-state index contributed by atoms with van der Waals surface area (Å²) in [5.74, 6) is 0. The van der Waals surface area contributed by atoms with Crippen LogP contribution in [0.4, 0.5) is 0 Å². The molecule has 5 heteroatoms. The maximum Gasteiger partial charge on any atom is 0.265 e. The molecule has 1 aromatic heterocycles. The van der Waals surface area contributed by atoms with Gasteiger partial charge in [-0.3, -0.25) is 14.6 Å². The van der Waals surface area contributed by atoms with Gasteiger partial charge in [0.25, 0.3) is 5.56 Å². The normalized spacial score (nSPS) is 10.7. The van der Waals surface area contributed by atoms with Crippen LogP contribution in [-0.2, 0) is 0 Å². The van der Waals surface area contributed by atoms with Crippen molar-refractivity contribution in [1.29, 1.82) is 0 Å². The van der Waals surface area contributed by atoms with Crippen molar-refractivity contribution < 1.29 is 0 Å². The van der Waals surface area contributed by atoms with Gasteiger partial charge in [0.05, 0.1) is 21.4 Å². The Morgan fingerprint density at radius 3 is 2.35 bits per heavy atom. The fourth-order valence-corrected chi connectivity index (χ4v) is 2.34. The van der Waals surface area contributed by atoms with Crippen LogP contribution < -0.4 is 5.56 Å². The molecule has 0 unspecified atom stereocenters. The summed E-state index contributed by atoms with van der Waals surface area (Å²) < 4.78 is 1.72. The van der Waals surface area contributed by atoms with Gasteiger partial charge in [-0.15, -0.1) is 0 Å². The molecule has 1 N–H and O–H groups in total. The quantitative estimate of drug-likeness (QED) is 0.759. The number of aromatic amines is 1. The zero-order chi connectivity index (χ0) is 14.1. The third-order valence-corrected chi connectivity index (χ3v) is 3.70. The number of para-hydroxylation sites is 1. The van der Waals surface area contributed by atoms with Crippen LogP contribution in [0.15, 0.2) is 59.4 Å². The monoisotopic (exact) mass is 304 g/mol. The highest BCUT2D eigenvalue weighted by atomic mass is 35.5. The van der Waals surface area contributed by atoms with Gasteiger partial charge in [0.1, 0.15) is 0 Å². The van der Waals surface area contributed by atoms with Crippen LogP contribution in [-0.4, -0.2) is 9.78 Å². The zero-order valence-corrected chi connectivity index (χ0v) is 11.8. The highest BCUT2D eigenvalue weighted by molar-refractivity contribution is 6.42. The van der Waals surface area contributed by atoms with Crippen LogP contribution in [0.2, 0.25) is 10.0 Å². The molecule has 1 heterocycles. The lowest BCUT2D eigenvalue weighted by molar-refractivity contribution is 0.871. The maximum absolute atomic E-state index is 11.7. The molecule has 0 saturated carbocycles. The number of benzene rings is 2. The Morgan fingerprint density at radius 2 is 1.65 bits per heavy atom. The standard InChI is InChI=1S/C15H10Cl2N2O/c16-12-7-6-10(8-13(12)17)14-9-15(20)18-19(14)11-4-2-1-3-5-11/h1-9H,(H,18,20). The number of hydrogen-bond donors (Lipinski definition) is 1. The number of hydrogen-bond acceptors (Lipinski definition) is 1. The van der Waals surface area contributed by atoms with Gasteiger partial charge in [-0.1, -0.05) is 47.5 Å². The Balaban J connectivity index is 2.19. The molecule has 0 aliphatic carbocycles. The lowest BCUT2D eigenvalue weighted by Gasteiger charge is -2.09. The highest BCUT2D eigenvalue weighted by Gasteiger charge is 2.10. The van der Waals surface area contributed by atoms with Crippen LogP contribution in [0.25, 0.3) is 16.9 Å². The summed E-state index contributed by atoms with van der Waals surface area (Å²) in [7, 11) is 0. The van der Waals surface area contributed by atoms with Crippen molar-refractivity contribution in [2.45, 2.75) is 0 Å². The van der Waals surface area contributed by atoms with Gasteiger partial charge in [0, 0.05) is 11.6 Å². The number of aromatic nitrogens is 2. The van der Waals surface area contributed by atoms with E-state index in [1.165, 1.54) is 6.07 Å². The number of rotatable bonds is 2. The average Bonchev–Trinajstić information content (AvgIpc) is 2.85. The van der Waals surface area contributed by atoms with E-state index in [9.17, 15) is 4.79 Å². The molecular weight excluding hydrogens is 295 g/mol. The molecule has 0 aliphatic rings. The van der Waals surface area contributed by atoms with E-state index in [2.05, 4.69) is 5.10 Å². The van der Waals surface area contributed by atoms with Crippen molar-refractivity contribution in [1.82, 2.24) is 9.78 Å². The molecule has 100 valence electrons. The average molecular weight is 305 g/mol. The Kier molecular flexibility index (Phi) is 3.38. The zero-order valence-electron chi connectivity index (χ0n) is 10.3. The molecule has 0 amide bonds. The van der Waals surface area contributed by atoms with E-state index < -0.39 is 0 Å². The van der Waals surface area contributed by atoms with Crippen LogP contribution >= 0.6 is 23.2 Å². The highest BCUT2D eigenvalue weighted by Crippen LogP contribution is 2.28. The van der Waals surface area contributed by atoms with Crippen molar-refractivity contribution in [3.8, 4) is 16.9 Å². The van der Waals surface area contributed by atoms with Crippen LogP contribution in [0.5, 0.6) is 0 Å². The first kappa shape index (κ1) is 13.0. The summed E-state index contributed by atoms with van der Waals surface area (Å²) in [4.78, 5) is 11.7. The smallest absolute Gasteiger partial charge is 0.265 e. The van der Waals surface area contributed by atoms with Gasteiger partial charge in [-0.25, -0.2) is 0 Å². The summed E-state index contributed by atoms with van der Waals surface area (Å²) in [5, 5.41) is 3.72. The van der Waals surface area contributed by atoms with Gasteiger partial charge in [-0.2, -0.15) is 0 Å². The number of nitrogens with zero attached hydrogens (tertiary/aromatic N) is 1. The molecular formula is C15H10Cl2N2O. The van der Waals surface area contributed by atoms with Crippen LogP contribution in [0.1, 0.15) is 0 Å². The lowest BCUT2D eigenvalue weighted by atomic mass is 10.1. The summed E-state index contributed by atoms with van der Waals surface area (Å²) in [6.07, 6.45) is 0. The topological polar surface area (TPSA) is 37.8 Å². The lowest BCUT2D eigenvalue weighted by Crippen LogP contribution is -2.03. The second-order valence-electron chi connectivity index (χ2n) is 4.31. The van der Waals surface area contributed by atoms with Gasteiger partial charge in [0.2, 0.25) is 0 Å². The van der Waals surface area contributed by atoms with Gasteiger partial charge >= 0.3 is 0 Å². The summed E-state index contributed by atoms with van der Waals surface area (Å²) in [5.41, 5.74) is 2.26. The minimum atomic E-state index is -0.171. The first-order valence-corrected chi connectivity index (χ1v) is 6.73. The molecule has 2 aromatic carbocycles. The largest absolute Gasteiger partial charge is 0.268 e. The predicted molar refractivity (Wildman–Crippen MR) is 81.8 cm³/mol. The molecule has 3 rings (SSSR count). The molecule has 3 nitrogen and oxygen atoms in total. The van der Waals surface area contributed by atoms with Gasteiger partial charge < -0.3 is 0 Å². The molecule has 0 atom stereocenters. The first-order valence-electron chi connectivity index (χ1n) is 5.98. The summed E-state index contributed by atoms with van der Waals surface area (Å²) >= 11 is 12.0. The van der Waals surface area contributed by atoms with E-state index in [0.717, 1.165) is 16.9 Å². The van der Waals surface area contributed by atoms with Crippen LogP contribution in [0.3, 0.4) is 0 Å². The van der Waals surface area contributed by atoms with Crippen molar-refractivity contribution in [3.63, 3.8) is 0 Å². The molecule has 0 bridgehead atoms. The Morgan fingerprint density at radius 1 is 0.900 bits per heavy atom. The number of nitrogens with one attached hydrogen (secondary N) is 1. The Bertz CT molecular complexity index is 806. The van der Waals surface area contributed by atoms with E-state index in [0.29, 0.717) is 10.0 Å². The third kappa shape index (κ3) is 2.38. The molecule has 20 heavy (non-hydrogen) atoms. The number of H-pyrrole nitrogens is 1. The van der Waals surface area contributed by atoms with Gasteiger partial charge in [0.15, 0.2) is 0 Å². The molecule has 0 radical (unpaired) electrons. The molecule has 0 spiro atoms.